The molecule has 0 saturated heterocycles. The second kappa shape index (κ2) is 3.74. The molecule has 1 aromatic carbocycles. The van der Waals surface area contributed by atoms with Crippen LogP contribution in [0.4, 0.5) is 0 Å². The Bertz CT molecular complexity index is 452. The van der Waals surface area contributed by atoms with Crippen molar-refractivity contribution in [3.63, 3.8) is 0 Å². The van der Waals surface area contributed by atoms with Crippen molar-refractivity contribution in [3.05, 3.63) is 26.2 Å². The Morgan fingerprint density at radius 1 is 1.38 bits per heavy atom. The predicted molar refractivity (Wildman–Crippen MR) is 68.8 cm³/mol. The van der Waals surface area contributed by atoms with Crippen molar-refractivity contribution in [2.75, 3.05) is 7.11 Å². The van der Waals surface area contributed by atoms with E-state index in [0.717, 1.165) is 9.54 Å². The molecule has 1 aromatic heterocycles. The van der Waals surface area contributed by atoms with Crippen LogP contribution < -0.4 is 4.74 Å². The van der Waals surface area contributed by atoms with Gasteiger partial charge < -0.3 is 4.74 Å². The highest BCUT2D eigenvalue weighted by atomic mass is 127. The van der Waals surface area contributed by atoms with Gasteiger partial charge in [0.05, 0.1) is 11.8 Å². The number of halogens is 2. The number of ether oxygens (including phenoxy) is 1. The monoisotopic (exact) mass is 368 g/mol. The van der Waals surface area contributed by atoms with Crippen LogP contribution in [0.25, 0.3) is 10.1 Å². The smallest absolute Gasteiger partial charge is 0.174 e. The van der Waals surface area contributed by atoms with Crippen molar-refractivity contribution in [1.29, 1.82) is 0 Å². The Labute approximate surface area is 102 Å². The lowest BCUT2D eigenvalue weighted by atomic mass is 10.3. The quantitative estimate of drug-likeness (QED) is 0.683. The number of benzene rings is 1. The van der Waals surface area contributed by atoms with Gasteiger partial charge in [0, 0.05) is 8.04 Å². The summed E-state index contributed by atoms with van der Waals surface area (Å²) >= 11 is 7.49. The number of hydrogen-bond donors (Lipinski definition) is 0. The zero-order chi connectivity index (χ0) is 9.42. The van der Waals surface area contributed by atoms with Crippen LogP contribution >= 0.6 is 49.9 Å². The minimum atomic E-state index is 0.964. The molecule has 0 aliphatic heterocycles. The summed E-state index contributed by atoms with van der Waals surface area (Å²) in [5.74, 6) is 0. The summed E-state index contributed by atoms with van der Waals surface area (Å²) in [7, 11) is 1.70. The molecule has 2 rings (SSSR count). The third kappa shape index (κ3) is 1.85. The maximum Gasteiger partial charge on any atom is 0.174 e. The van der Waals surface area contributed by atoms with Gasteiger partial charge in [-0.05, 0) is 46.2 Å². The normalized spacial score (nSPS) is 10.7. The van der Waals surface area contributed by atoms with Crippen LogP contribution in [-0.2, 0) is 0 Å². The van der Waals surface area contributed by atoms with Crippen LogP contribution in [0.3, 0.4) is 0 Å². The second-order valence-electron chi connectivity index (χ2n) is 2.58. The molecule has 68 valence electrons. The van der Waals surface area contributed by atoms with E-state index in [2.05, 4.69) is 56.7 Å². The predicted octanol–water partition coefficient (Wildman–Crippen LogP) is 4.28. The molecule has 0 fully saturated rings. The van der Waals surface area contributed by atoms with Crippen molar-refractivity contribution in [1.82, 2.24) is 0 Å². The first-order valence-electron chi connectivity index (χ1n) is 3.63. The lowest BCUT2D eigenvalue weighted by Gasteiger charge is -1.94. The van der Waals surface area contributed by atoms with Crippen molar-refractivity contribution < 1.29 is 4.74 Å². The molecule has 0 N–H and O–H groups in total. The Morgan fingerprint density at radius 2 is 2.15 bits per heavy atom. The van der Waals surface area contributed by atoms with Gasteiger partial charge in [0.1, 0.15) is 0 Å². The maximum absolute atomic E-state index is 5.19. The molecular formula is C9H6BrIOS. The van der Waals surface area contributed by atoms with Gasteiger partial charge in [0.15, 0.2) is 5.06 Å². The van der Waals surface area contributed by atoms with Gasteiger partial charge in [0.25, 0.3) is 0 Å². The molecule has 1 heterocycles. The highest BCUT2D eigenvalue weighted by Gasteiger charge is 2.05. The molecule has 0 amide bonds. The summed E-state index contributed by atoms with van der Waals surface area (Å²) in [6, 6.07) is 6.28. The van der Waals surface area contributed by atoms with Gasteiger partial charge >= 0.3 is 0 Å². The van der Waals surface area contributed by atoms with Crippen LogP contribution in [-0.4, -0.2) is 7.11 Å². The Hall–Kier alpha value is 0.190. The van der Waals surface area contributed by atoms with E-state index < -0.39 is 0 Å². The molecule has 1 nitrogen and oxygen atoms in total. The Balaban J connectivity index is 2.75. The SMILES string of the molecule is COc1cc2cc(Br)cc(I)c2s1. The molecule has 0 aliphatic rings. The third-order valence-electron chi connectivity index (χ3n) is 1.71. The standard InChI is InChI=1S/C9H6BrIOS/c1-12-8-3-5-2-6(10)4-7(11)9(5)13-8/h2-4H,1H3. The molecule has 0 spiro atoms. The minimum Gasteiger partial charge on any atom is -0.487 e. The van der Waals surface area contributed by atoms with Gasteiger partial charge in [-0.1, -0.05) is 27.3 Å². The Kier molecular flexibility index (Phi) is 2.80. The molecule has 0 aliphatic carbocycles. The number of hydrogen-bond acceptors (Lipinski definition) is 2. The summed E-state index contributed by atoms with van der Waals surface area (Å²) in [5.41, 5.74) is 0. The van der Waals surface area contributed by atoms with E-state index in [1.807, 2.05) is 0 Å². The third-order valence-corrected chi connectivity index (χ3v) is 4.53. The lowest BCUT2D eigenvalue weighted by molar-refractivity contribution is 0.427. The van der Waals surface area contributed by atoms with Gasteiger partial charge in [-0.2, -0.15) is 0 Å². The number of methoxy groups -OCH3 is 1. The first-order chi connectivity index (χ1) is 6.20. The van der Waals surface area contributed by atoms with E-state index in [1.165, 1.54) is 13.7 Å². The van der Waals surface area contributed by atoms with E-state index in [1.54, 1.807) is 18.4 Å². The fraction of sp³-hybridized carbons (Fsp3) is 0.111. The average molecular weight is 369 g/mol. The molecule has 0 bridgehead atoms. The molecule has 2 aromatic rings. The molecule has 0 unspecified atom stereocenters. The van der Waals surface area contributed by atoms with Crippen molar-refractivity contribution in [2.24, 2.45) is 0 Å². The zero-order valence-corrected chi connectivity index (χ0v) is 11.4. The molecule has 0 atom stereocenters. The number of thiophene rings is 1. The maximum atomic E-state index is 5.19. The van der Waals surface area contributed by atoms with Gasteiger partial charge in [-0.3, -0.25) is 0 Å². The van der Waals surface area contributed by atoms with Crippen molar-refractivity contribution in [3.8, 4) is 5.06 Å². The van der Waals surface area contributed by atoms with E-state index >= 15 is 0 Å². The first kappa shape index (κ1) is 9.73. The van der Waals surface area contributed by atoms with Crippen LogP contribution in [0.1, 0.15) is 0 Å². The fourth-order valence-electron chi connectivity index (χ4n) is 1.15. The second-order valence-corrected chi connectivity index (χ2v) is 5.67. The summed E-state index contributed by atoms with van der Waals surface area (Å²) < 4.78 is 8.86. The molecule has 0 radical (unpaired) electrons. The van der Waals surface area contributed by atoms with Crippen molar-refractivity contribution in [2.45, 2.75) is 0 Å². The topological polar surface area (TPSA) is 9.23 Å². The van der Waals surface area contributed by atoms with Crippen LogP contribution in [0.2, 0.25) is 0 Å². The highest BCUT2D eigenvalue weighted by Crippen LogP contribution is 2.36. The largest absolute Gasteiger partial charge is 0.487 e. The summed E-state index contributed by atoms with van der Waals surface area (Å²) in [5, 5.41) is 2.20. The van der Waals surface area contributed by atoms with Gasteiger partial charge in [0.2, 0.25) is 0 Å². The van der Waals surface area contributed by atoms with E-state index in [-0.39, 0.29) is 0 Å². The van der Waals surface area contributed by atoms with Crippen LogP contribution in [0, 0.1) is 3.57 Å². The van der Waals surface area contributed by atoms with Gasteiger partial charge in [-0.25, -0.2) is 0 Å². The number of fused-ring (bicyclic) bond motifs is 1. The van der Waals surface area contributed by atoms with Gasteiger partial charge in [-0.15, -0.1) is 0 Å². The molecular weight excluding hydrogens is 363 g/mol. The van der Waals surface area contributed by atoms with E-state index in [0.29, 0.717) is 0 Å². The average Bonchev–Trinajstić information content (AvgIpc) is 2.47. The molecule has 4 heteroatoms. The van der Waals surface area contributed by atoms with E-state index in [4.69, 9.17) is 4.74 Å². The molecule has 13 heavy (non-hydrogen) atoms. The summed E-state index contributed by atoms with van der Waals surface area (Å²) in [6.45, 7) is 0. The Morgan fingerprint density at radius 3 is 2.85 bits per heavy atom. The summed E-state index contributed by atoms with van der Waals surface area (Å²) in [4.78, 5) is 0. The summed E-state index contributed by atoms with van der Waals surface area (Å²) in [6.07, 6.45) is 0. The number of rotatable bonds is 1. The fourth-order valence-corrected chi connectivity index (χ4v) is 3.90. The van der Waals surface area contributed by atoms with E-state index in [9.17, 15) is 0 Å². The first-order valence-corrected chi connectivity index (χ1v) is 6.32. The highest BCUT2D eigenvalue weighted by molar-refractivity contribution is 14.1. The van der Waals surface area contributed by atoms with Crippen LogP contribution in [0.5, 0.6) is 5.06 Å². The zero-order valence-electron chi connectivity index (χ0n) is 6.80. The van der Waals surface area contributed by atoms with Crippen molar-refractivity contribution >= 4 is 59.9 Å². The lowest BCUT2D eigenvalue weighted by Crippen LogP contribution is -1.73. The molecule has 0 saturated carbocycles. The van der Waals surface area contributed by atoms with Crippen LogP contribution in [0.15, 0.2) is 22.7 Å². The minimum absolute atomic E-state index is 0.964.